The molecule has 1 aliphatic heterocycles. The van der Waals surface area contributed by atoms with Crippen molar-refractivity contribution < 1.29 is 4.79 Å². The van der Waals surface area contributed by atoms with Gasteiger partial charge in [-0.1, -0.05) is 13.8 Å². The lowest BCUT2D eigenvalue weighted by atomic mass is 9.58. The second-order valence-corrected chi connectivity index (χ2v) is 4.95. The molecule has 13 heavy (non-hydrogen) atoms. The molecule has 0 aromatic rings. The highest BCUT2D eigenvalue weighted by atomic mass is 16.2. The number of hydrogen-bond donors (Lipinski definition) is 2. The normalized spacial score (nSPS) is 26.8. The first kappa shape index (κ1) is 8.85. The van der Waals surface area contributed by atoms with E-state index >= 15 is 0 Å². The average molecular weight is 182 g/mol. The molecule has 0 aromatic heterocycles. The molecule has 2 aliphatic rings. The maximum atomic E-state index is 10.9. The highest BCUT2D eigenvalue weighted by Gasteiger charge is 2.46. The van der Waals surface area contributed by atoms with Crippen molar-refractivity contribution in [3.8, 4) is 0 Å². The summed E-state index contributed by atoms with van der Waals surface area (Å²) in [5.74, 6) is 1.67. The van der Waals surface area contributed by atoms with E-state index in [1.54, 1.807) is 0 Å². The van der Waals surface area contributed by atoms with Crippen molar-refractivity contribution in [3.63, 3.8) is 0 Å². The number of carbonyl (C=O) groups excluding carboxylic acids is 1. The first-order chi connectivity index (χ1) is 6.11. The van der Waals surface area contributed by atoms with Crippen LogP contribution in [-0.4, -0.2) is 19.1 Å². The number of amides is 2. The topological polar surface area (TPSA) is 41.1 Å². The Bertz CT molecular complexity index is 207. The van der Waals surface area contributed by atoms with Crippen LogP contribution in [0.3, 0.4) is 0 Å². The van der Waals surface area contributed by atoms with Crippen LogP contribution in [0.15, 0.2) is 0 Å². The van der Waals surface area contributed by atoms with E-state index in [-0.39, 0.29) is 6.03 Å². The predicted octanol–water partition coefficient (Wildman–Crippen LogP) is 1.35. The van der Waals surface area contributed by atoms with Crippen molar-refractivity contribution in [2.24, 2.45) is 17.3 Å². The number of hydrogen-bond acceptors (Lipinski definition) is 1. The number of nitrogens with one attached hydrogen (secondary N) is 2. The van der Waals surface area contributed by atoms with Crippen LogP contribution in [0, 0.1) is 17.3 Å². The molecule has 0 radical (unpaired) electrons. The third-order valence-electron chi connectivity index (χ3n) is 3.58. The standard InChI is InChI=1S/C10H18N2O/c1-7(2)8-3-10(4-8)5-11-9(13)12-6-10/h7-8H,3-6H2,1-2H3,(H2,11,12,13). The van der Waals surface area contributed by atoms with Gasteiger partial charge in [-0.05, 0) is 24.7 Å². The molecule has 2 fully saturated rings. The highest BCUT2D eigenvalue weighted by Crippen LogP contribution is 2.48. The second-order valence-electron chi connectivity index (χ2n) is 4.95. The van der Waals surface area contributed by atoms with Crippen molar-refractivity contribution in [1.82, 2.24) is 10.6 Å². The molecule has 0 atom stereocenters. The van der Waals surface area contributed by atoms with Crippen molar-refractivity contribution >= 4 is 6.03 Å². The largest absolute Gasteiger partial charge is 0.338 e. The minimum atomic E-state index is -0.00128. The minimum absolute atomic E-state index is 0.00128. The second kappa shape index (κ2) is 2.89. The molecular weight excluding hydrogens is 164 g/mol. The average Bonchev–Trinajstić information content (AvgIpc) is 2.02. The monoisotopic (exact) mass is 182 g/mol. The molecule has 1 saturated heterocycles. The molecule has 1 heterocycles. The molecule has 1 spiro atoms. The molecule has 1 aliphatic carbocycles. The van der Waals surface area contributed by atoms with E-state index in [2.05, 4.69) is 24.5 Å². The van der Waals surface area contributed by atoms with Gasteiger partial charge in [0.25, 0.3) is 0 Å². The third-order valence-corrected chi connectivity index (χ3v) is 3.58. The Morgan fingerprint density at radius 2 is 1.85 bits per heavy atom. The Balaban J connectivity index is 1.86. The van der Waals surface area contributed by atoms with Crippen LogP contribution in [0.4, 0.5) is 4.79 Å². The van der Waals surface area contributed by atoms with Gasteiger partial charge < -0.3 is 10.6 Å². The summed E-state index contributed by atoms with van der Waals surface area (Å²) < 4.78 is 0. The third kappa shape index (κ3) is 1.52. The first-order valence-electron chi connectivity index (χ1n) is 5.13. The maximum Gasteiger partial charge on any atom is 0.314 e. The summed E-state index contributed by atoms with van der Waals surface area (Å²) >= 11 is 0. The zero-order chi connectivity index (χ0) is 9.47. The molecular formula is C10H18N2O. The van der Waals surface area contributed by atoms with Gasteiger partial charge in [0.1, 0.15) is 0 Å². The number of carbonyl (C=O) groups is 1. The van der Waals surface area contributed by atoms with Crippen LogP contribution >= 0.6 is 0 Å². The molecule has 0 aromatic carbocycles. The Morgan fingerprint density at radius 1 is 1.31 bits per heavy atom. The molecule has 2 N–H and O–H groups in total. The molecule has 0 bridgehead atoms. The van der Waals surface area contributed by atoms with Crippen LogP contribution in [0.5, 0.6) is 0 Å². The summed E-state index contributed by atoms with van der Waals surface area (Å²) in [6.45, 7) is 6.32. The van der Waals surface area contributed by atoms with E-state index in [0.717, 1.165) is 24.9 Å². The lowest BCUT2D eigenvalue weighted by molar-refractivity contribution is 0.0216. The van der Waals surface area contributed by atoms with Gasteiger partial charge in [0.2, 0.25) is 0 Å². The highest BCUT2D eigenvalue weighted by molar-refractivity contribution is 5.74. The molecule has 3 nitrogen and oxygen atoms in total. The van der Waals surface area contributed by atoms with Gasteiger partial charge in [-0.3, -0.25) is 0 Å². The van der Waals surface area contributed by atoms with E-state index in [9.17, 15) is 4.79 Å². The van der Waals surface area contributed by atoms with Gasteiger partial charge in [0.15, 0.2) is 0 Å². The van der Waals surface area contributed by atoms with Gasteiger partial charge in [0.05, 0.1) is 0 Å². The van der Waals surface area contributed by atoms with Gasteiger partial charge in [0, 0.05) is 18.5 Å². The molecule has 0 unspecified atom stereocenters. The fourth-order valence-electron chi connectivity index (χ4n) is 2.47. The first-order valence-corrected chi connectivity index (χ1v) is 5.13. The molecule has 2 rings (SSSR count). The Hall–Kier alpha value is -0.730. The van der Waals surface area contributed by atoms with Gasteiger partial charge in [-0.25, -0.2) is 4.79 Å². The Kier molecular flexibility index (Phi) is 1.97. The predicted molar refractivity (Wildman–Crippen MR) is 51.4 cm³/mol. The SMILES string of the molecule is CC(C)C1CC2(CNC(=O)NC2)C1. The summed E-state index contributed by atoms with van der Waals surface area (Å²) in [6, 6.07) is -0.00128. The van der Waals surface area contributed by atoms with E-state index in [4.69, 9.17) is 0 Å². The van der Waals surface area contributed by atoms with Crippen LogP contribution in [0.25, 0.3) is 0 Å². The van der Waals surface area contributed by atoms with E-state index < -0.39 is 0 Å². The molecule has 2 amide bonds. The summed E-state index contributed by atoms with van der Waals surface area (Å²) in [5.41, 5.74) is 0.392. The zero-order valence-corrected chi connectivity index (χ0v) is 8.39. The molecule has 3 heteroatoms. The Morgan fingerprint density at radius 3 is 2.31 bits per heavy atom. The van der Waals surface area contributed by atoms with Gasteiger partial charge in [-0.15, -0.1) is 0 Å². The van der Waals surface area contributed by atoms with Crippen molar-refractivity contribution in [2.45, 2.75) is 26.7 Å². The number of urea groups is 1. The van der Waals surface area contributed by atoms with E-state index in [1.807, 2.05) is 0 Å². The maximum absolute atomic E-state index is 10.9. The molecule has 1 saturated carbocycles. The zero-order valence-electron chi connectivity index (χ0n) is 8.39. The van der Waals surface area contributed by atoms with Crippen LogP contribution in [0.2, 0.25) is 0 Å². The quantitative estimate of drug-likeness (QED) is 0.631. The lowest BCUT2D eigenvalue weighted by Crippen LogP contribution is -2.60. The van der Waals surface area contributed by atoms with Crippen molar-refractivity contribution in [1.29, 1.82) is 0 Å². The van der Waals surface area contributed by atoms with Crippen molar-refractivity contribution in [3.05, 3.63) is 0 Å². The Labute approximate surface area is 79.3 Å². The smallest absolute Gasteiger partial charge is 0.314 e. The van der Waals surface area contributed by atoms with E-state index in [1.165, 1.54) is 12.8 Å². The summed E-state index contributed by atoms with van der Waals surface area (Å²) in [6.07, 6.45) is 2.55. The van der Waals surface area contributed by atoms with Crippen LogP contribution in [-0.2, 0) is 0 Å². The van der Waals surface area contributed by atoms with Crippen LogP contribution in [0.1, 0.15) is 26.7 Å². The van der Waals surface area contributed by atoms with Crippen molar-refractivity contribution in [2.75, 3.05) is 13.1 Å². The number of rotatable bonds is 1. The summed E-state index contributed by atoms with van der Waals surface area (Å²) in [4.78, 5) is 10.9. The summed E-state index contributed by atoms with van der Waals surface area (Å²) in [7, 11) is 0. The lowest BCUT2D eigenvalue weighted by Gasteiger charge is -2.51. The molecule has 74 valence electrons. The minimum Gasteiger partial charge on any atom is -0.338 e. The van der Waals surface area contributed by atoms with Gasteiger partial charge in [-0.2, -0.15) is 0 Å². The fraction of sp³-hybridized carbons (Fsp3) is 0.900. The fourth-order valence-corrected chi connectivity index (χ4v) is 2.47. The summed E-state index contributed by atoms with van der Waals surface area (Å²) in [5, 5.41) is 5.77. The van der Waals surface area contributed by atoms with Crippen LogP contribution < -0.4 is 10.6 Å². The van der Waals surface area contributed by atoms with Gasteiger partial charge >= 0.3 is 6.03 Å². The van der Waals surface area contributed by atoms with E-state index in [0.29, 0.717) is 5.41 Å².